The quantitative estimate of drug-likeness (QED) is 0.449. The van der Waals surface area contributed by atoms with Crippen LogP contribution in [0.15, 0.2) is 60.1 Å². The van der Waals surface area contributed by atoms with Crippen LogP contribution in [0.25, 0.3) is 22.7 Å². The molecule has 1 fully saturated rings. The lowest BCUT2D eigenvalue weighted by atomic mass is 10.0. The van der Waals surface area contributed by atoms with Gasteiger partial charge in [-0.3, -0.25) is 13.8 Å². The van der Waals surface area contributed by atoms with Crippen LogP contribution in [-0.4, -0.2) is 40.2 Å². The molecule has 3 aromatic heterocycles. The molecule has 0 bridgehead atoms. The smallest absolute Gasteiger partial charge is 0.251 e. The summed E-state index contributed by atoms with van der Waals surface area (Å²) < 4.78 is 16.4. The third kappa shape index (κ3) is 4.28. The molecule has 1 atom stereocenters. The maximum absolute atomic E-state index is 12.9. The summed E-state index contributed by atoms with van der Waals surface area (Å²) in [6, 6.07) is 9.78. The predicted molar refractivity (Wildman–Crippen MR) is 129 cm³/mol. The van der Waals surface area contributed by atoms with Crippen LogP contribution in [0.4, 0.5) is 0 Å². The van der Waals surface area contributed by atoms with Gasteiger partial charge in [-0.1, -0.05) is 6.07 Å². The number of benzene rings is 1. The normalized spacial score (nSPS) is 15.1. The van der Waals surface area contributed by atoms with Crippen molar-refractivity contribution < 1.29 is 9.35 Å². The minimum absolute atomic E-state index is 0.0423. The van der Waals surface area contributed by atoms with Crippen molar-refractivity contribution in [3.63, 3.8) is 0 Å². The van der Waals surface area contributed by atoms with Crippen LogP contribution in [0.3, 0.4) is 0 Å². The van der Waals surface area contributed by atoms with Gasteiger partial charge >= 0.3 is 0 Å². The zero-order valence-corrected chi connectivity index (χ0v) is 20.0. The van der Waals surface area contributed by atoms with E-state index in [2.05, 4.69) is 15.3 Å². The Balaban J connectivity index is 1.49. The molecule has 0 radical (unpaired) electrons. The Morgan fingerprint density at radius 2 is 1.94 bits per heavy atom. The minimum Gasteiger partial charge on any atom is -0.611 e. The Bertz CT molecular complexity index is 1350. The Morgan fingerprint density at radius 3 is 2.67 bits per heavy atom. The highest BCUT2D eigenvalue weighted by Crippen LogP contribution is 2.28. The van der Waals surface area contributed by atoms with Gasteiger partial charge in [0.05, 0.1) is 18.1 Å². The van der Waals surface area contributed by atoms with E-state index >= 15 is 0 Å². The van der Waals surface area contributed by atoms with E-state index in [0.29, 0.717) is 11.6 Å². The molecule has 1 N–H and O–H groups in total. The Kier molecular flexibility index (Phi) is 5.29. The first-order valence-electron chi connectivity index (χ1n) is 11.1. The number of hydrogen-bond acceptors (Lipinski definition) is 4. The number of aryl methyl sites for hydroxylation is 1. The molecule has 1 unspecified atom stereocenters. The highest BCUT2D eigenvalue weighted by Gasteiger charge is 2.29. The minimum atomic E-state index is -1.15. The molecule has 1 aromatic carbocycles. The van der Waals surface area contributed by atoms with Crippen LogP contribution in [0.5, 0.6) is 0 Å². The molecule has 1 aliphatic carbocycles. The van der Waals surface area contributed by atoms with Gasteiger partial charge in [0.25, 0.3) is 5.91 Å². The summed E-state index contributed by atoms with van der Waals surface area (Å²) in [5, 5.41) is 3.04. The van der Waals surface area contributed by atoms with Gasteiger partial charge in [-0.05, 0) is 81.5 Å². The van der Waals surface area contributed by atoms with Gasteiger partial charge in [-0.15, -0.1) is 0 Å². The zero-order valence-electron chi connectivity index (χ0n) is 19.2. The van der Waals surface area contributed by atoms with Crippen molar-refractivity contribution in [2.24, 2.45) is 0 Å². The molecule has 3 heterocycles. The second-order valence-electron chi connectivity index (χ2n) is 9.53. The number of nitrogens with zero attached hydrogens (tertiary/aromatic N) is 4. The number of hydrogen-bond donors (Lipinski definition) is 1. The number of pyridine rings is 1. The van der Waals surface area contributed by atoms with Gasteiger partial charge < -0.3 is 9.87 Å². The summed E-state index contributed by atoms with van der Waals surface area (Å²) in [7, 11) is 0. The number of nitrogens with one attached hydrogen (secondary N) is 1. The summed E-state index contributed by atoms with van der Waals surface area (Å²) >= 11 is -1.15. The average molecular weight is 462 g/mol. The Morgan fingerprint density at radius 1 is 1.15 bits per heavy atom. The molecular weight excluding hydrogens is 434 g/mol. The molecule has 1 saturated carbocycles. The molecule has 5 rings (SSSR count). The van der Waals surface area contributed by atoms with Crippen molar-refractivity contribution in [2.45, 2.75) is 56.2 Å². The molecule has 4 aromatic rings. The molecule has 170 valence electrons. The van der Waals surface area contributed by atoms with Crippen molar-refractivity contribution >= 4 is 22.7 Å². The number of aromatic nitrogens is 4. The van der Waals surface area contributed by atoms with Gasteiger partial charge in [-0.2, -0.15) is 0 Å². The topological polar surface area (TPSA) is 87.3 Å². The first-order chi connectivity index (χ1) is 15.7. The highest BCUT2D eigenvalue weighted by atomic mass is 32.2. The van der Waals surface area contributed by atoms with Crippen LogP contribution in [0.2, 0.25) is 0 Å². The van der Waals surface area contributed by atoms with Gasteiger partial charge in [0.1, 0.15) is 22.5 Å². The lowest BCUT2D eigenvalue weighted by molar-refractivity contribution is 0.0951. The predicted octanol–water partition coefficient (Wildman–Crippen LogP) is 4.29. The second kappa shape index (κ2) is 8.04. The lowest BCUT2D eigenvalue weighted by Gasteiger charge is -2.23. The standard InChI is InChI=1S/C25H27N5O2S/c1-16-5-6-17(24(31)28-18-7-8-18)11-20(16)21-14-29(15-27-21)23-12-26-22-10-9-19(13-30(22)23)33(32)25(2,3)4/h5-6,9-15,18H,7-8H2,1-4H3,(H,28,31). The maximum atomic E-state index is 12.9. The van der Waals surface area contributed by atoms with Crippen molar-refractivity contribution in [2.75, 3.05) is 0 Å². The number of carbonyl (C=O) groups excluding carboxylic acids is 1. The Hall–Kier alpha value is -3.10. The summed E-state index contributed by atoms with van der Waals surface area (Å²) in [5.74, 6) is 0.760. The maximum Gasteiger partial charge on any atom is 0.251 e. The van der Waals surface area contributed by atoms with Gasteiger partial charge in [0, 0.05) is 23.4 Å². The van der Waals surface area contributed by atoms with Gasteiger partial charge in [0.15, 0.2) is 4.90 Å². The SMILES string of the molecule is Cc1ccc(C(=O)NC2CC2)cc1-c1cn(-c2cnc3ccc([S+]([O-])C(C)(C)C)cn23)cn1. The number of amides is 1. The average Bonchev–Trinajstić information content (AvgIpc) is 3.29. The number of rotatable bonds is 5. The molecule has 1 aliphatic rings. The summed E-state index contributed by atoms with van der Waals surface area (Å²) in [6.45, 7) is 7.90. The number of imidazole rings is 2. The summed E-state index contributed by atoms with van der Waals surface area (Å²) in [6.07, 6.45) is 9.44. The summed E-state index contributed by atoms with van der Waals surface area (Å²) in [4.78, 5) is 22.4. The first kappa shape index (κ1) is 21.7. The van der Waals surface area contributed by atoms with Crippen molar-refractivity contribution in [3.8, 4) is 17.1 Å². The van der Waals surface area contributed by atoms with Gasteiger partial charge in [-0.25, -0.2) is 9.97 Å². The van der Waals surface area contributed by atoms with E-state index in [0.717, 1.165) is 46.0 Å². The molecule has 8 heteroatoms. The zero-order chi connectivity index (χ0) is 23.3. The largest absolute Gasteiger partial charge is 0.611 e. The second-order valence-corrected chi connectivity index (χ2v) is 11.8. The fraction of sp³-hybridized carbons (Fsp3) is 0.320. The van der Waals surface area contributed by atoms with E-state index in [1.54, 1.807) is 12.5 Å². The van der Waals surface area contributed by atoms with E-state index in [9.17, 15) is 9.35 Å². The number of carbonyl (C=O) groups is 1. The van der Waals surface area contributed by atoms with E-state index in [4.69, 9.17) is 0 Å². The summed E-state index contributed by atoms with van der Waals surface area (Å²) in [5.41, 5.74) is 4.15. The van der Waals surface area contributed by atoms with Crippen molar-refractivity contribution in [3.05, 3.63) is 66.4 Å². The molecule has 1 amide bonds. The number of fused-ring (bicyclic) bond motifs is 1. The van der Waals surface area contributed by atoms with E-state index < -0.39 is 11.2 Å². The van der Waals surface area contributed by atoms with E-state index in [1.807, 2.05) is 79.4 Å². The molecule has 0 spiro atoms. The van der Waals surface area contributed by atoms with Crippen LogP contribution in [-0.2, 0) is 11.2 Å². The third-order valence-electron chi connectivity index (χ3n) is 5.76. The van der Waals surface area contributed by atoms with Crippen LogP contribution < -0.4 is 5.32 Å². The highest BCUT2D eigenvalue weighted by molar-refractivity contribution is 7.92. The monoisotopic (exact) mass is 461 g/mol. The third-order valence-corrected chi connectivity index (χ3v) is 7.55. The van der Waals surface area contributed by atoms with E-state index in [-0.39, 0.29) is 10.7 Å². The fourth-order valence-corrected chi connectivity index (χ4v) is 4.83. The van der Waals surface area contributed by atoms with Crippen molar-refractivity contribution in [1.82, 2.24) is 24.3 Å². The van der Waals surface area contributed by atoms with Crippen LogP contribution in [0, 0.1) is 6.92 Å². The van der Waals surface area contributed by atoms with Crippen LogP contribution in [0.1, 0.15) is 49.5 Å². The molecular formula is C25H27N5O2S. The van der Waals surface area contributed by atoms with Crippen molar-refractivity contribution in [1.29, 1.82) is 0 Å². The molecule has 7 nitrogen and oxygen atoms in total. The fourth-order valence-electron chi connectivity index (χ4n) is 3.73. The first-order valence-corrected chi connectivity index (χ1v) is 12.2. The molecule has 0 saturated heterocycles. The Labute approximate surface area is 196 Å². The lowest BCUT2D eigenvalue weighted by Crippen LogP contribution is -2.28. The molecule has 0 aliphatic heterocycles. The van der Waals surface area contributed by atoms with Gasteiger partial charge in [0.2, 0.25) is 0 Å². The van der Waals surface area contributed by atoms with Crippen LogP contribution >= 0.6 is 0 Å². The molecule has 33 heavy (non-hydrogen) atoms. The van der Waals surface area contributed by atoms with E-state index in [1.165, 1.54) is 0 Å².